The van der Waals surface area contributed by atoms with Crippen LogP contribution >= 0.6 is 0 Å². The molecule has 8 heterocycles. The summed E-state index contributed by atoms with van der Waals surface area (Å²) in [7, 11) is 3.45. The van der Waals surface area contributed by atoms with Gasteiger partial charge in [0.25, 0.3) is 0 Å². The zero-order valence-electron chi connectivity index (χ0n) is 47.4. The molecule has 0 aliphatic carbocycles. The molecule has 2 atom stereocenters. The van der Waals surface area contributed by atoms with Crippen LogP contribution in [-0.2, 0) is 9.59 Å². The summed E-state index contributed by atoms with van der Waals surface area (Å²) in [4.78, 5) is 50.3. The van der Waals surface area contributed by atoms with Crippen molar-refractivity contribution in [1.29, 1.82) is 0 Å². The lowest BCUT2D eigenvalue weighted by atomic mass is 10.1. The van der Waals surface area contributed by atoms with Crippen LogP contribution in [0.25, 0.3) is 21.8 Å². The van der Waals surface area contributed by atoms with Crippen LogP contribution in [0.4, 0.5) is 11.4 Å². The number of anilines is 2. The Morgan fingerprint density at radius 2 is 0.925 bits per heavy atom. The summed E-state index contributed by atoms with van der Waals surface area (Å²) in [6, 6.07) is 20.9. The Morgan fingerprint density at radius 1 is 0.512 bits per heavy atom. The van der Waals surface area contributed by atoms with Crippen molar-refractivity contribution in [2.75, 3.05) is 129 Å². The highest BCUT2D eigenvalue weighted by atomic mass is 16.5. The second kappa shape index (κ2) is 29.9. The van der Waals surface area contributed by atoms with Gasteiger partial charge in [0.05, 0.1) is 48.7 Å². The molecule has 0 unspecified atom stereocenters. The van der Waals surface area contributed by atoms with Gasteiger partial charge < -0.3 is 39.7 Å². The van der Waals surface area contributed by atoms with Gasteiger partial charge in [-0.2, -0.15) is 10.2 Å². The summed E-state index contributed by atoms with van der Waals surface area (Å²) in [5.74, 6) is 1.89. The van der Waals surface area contributed by atoms with Crippen molar-refractivity contribution in [3.05, 3.63) is 96.8 Å². The zero-order valence-corrected chi connectivity index (χ0v) is 47.4. The lowest BCUT2D eigenvalue weighted by Gasteiger charge is -2.30. The Hall–Kier alpha value is -6.34. The SMILES string of the molecule is C.C.COc1ccc2cccnc2c1N1CCCN([C@@H](CC(=O)NCCN2CCCC2)c2ccn(C(C)C)n2)CC1.COc1ccc2cccnc2c1N1CCCN([C@H](CC(=O)NCCN2CCCC2)c2ccn(C(C)C)n2)CC1. The first-order valence-corrected chi connectivity index (χ1v) is 29.0. The Balaban J connectivity index is 0.000000225. The average Bonchev–Trinajstić information content (AvgIpc) is 4.34. The summed E-state index contributed by atoms with van der Waals surface area (Å²) in [5.41, 5.74) is 5.98. The third-order valence-electron chi connectivity index (χ3n) is 16.1. The van der Waals surface area contributed by atoms with Crippen molar-refractivity contribution in [2.24, 2.45) is 0 Å². The summed E-state index contributed by atoms with van der Waals surface area (Å²) in [5, 5.41) is 18.4. The van der Waals surface area contributed by atoms with E-state index >= 15 is 0 Å². The molecule has 0 spiro atoms. The van der Waals surface area contributed by atoms with Gasteiger partial charge in [0, 0.05) is 139 Å². The Bertz CT molecular complexity index is 2670. The number of benzene rings is 2. The van der Waals surface area contributed by atoms with Crippen LogP contribution in [0.5, 0.6) is 11.5 Å². The molecule has 0 bridgehead atoms. The average molecular weight is 1100 g/mol. The Morgan fingerprint density at radius 3 is 1.30 bits per heavy atom. The number of ether oxygens (including phenoxy) is 2. The molecule has 18 nitrogen and oxygen atoms in total. The molecule has 2 N–H and O–H groups in total. The maximum atomic E-state index is 13.2. The van der Waals surface area contributed by atoms with Gasteiger partial charge in [0.1, 0.15) is 22.9 Å². The third-order valence-corrected chi connectivity index (χ3v) is 16.1. The van der Waals surface area contributed by atoms with Crippen LogP contribution in [0.1, 0.15) is 129 Å². The van der Waals surface area contributed by atoms with Gasteiger partial charge in [-0.1, -0.05) is 27.0 Å². The summed E-state index contributed by atoms with van der Waals surface area (Å²) in [6.07, 6.45) is 15.6. The number of likely N-dealkylation sites (tertiary alicyclic amines) is 2. The van der Waals surface area contributed by atoms with E-state index in [2.05, 4.69) is 104 Å². The Kier molecular flexibility index (Phi) is 22.9. The summed E-state index contributed by atoms with van der Waals surface area (Å²) < 4.78 is 15.5. The molecule has 4 fully saturated rings. The van der Waals surface area contributed by atoms with E-state index in [-0.39, 0.29) is 50.8 Å². The number of hydrogen-bond acceptors (Lipinski definition) is 14. The van der Waals surface area contributed by atoms with E-state index < -0.39 is 0 Å². The van der Waals surface area contributed by atoms with Crippen LogP contribution in [0.3, 0.4) is 0 Å². The van der Waals surface area contributed by atoms with Crippen molar-refractivity contribution in [3.63, 3.8) is 0 Å². The van der Waals surface area contributed by atoms with Gasteiger partial charge >= 0.3 is 0 Å². The minimum atomic E-state index is -0.0655. The van der Waals surface area contributed by atoms with Crippen molar-refractivity contribution in [2.45, 2.75) is 118 Å². The number of rotatable bonds is 20. The van der Waals surface area contributed by atoms with Gasteiger partial charge in [0.2, 0.25) is 11.8 Å². The molecule has 2 amide bonds. The highest BCUT2D eigenvalue weighted by Gasteiger charge is 2.31. The number of fused-ring (bicyclic) bond motifs is 2. The molecule has 0 saturated carbocycles. The van der Waals surface area contributed by atoms with E-state index in [1.54, 1.807) is 14.2 Å². The number of methoxy groups -OCH3 is 2. The number of amides is 2. The first kappa shape index (κ1) is 61.3. The second-order valence-electron chi connectivity index (χ2n) is 22.0. The van der Waals surface area contributed by atoms with Gasteiger partial charge in [0.15, 0.2) is 0 Å². The van der Waals surface area contributed by atoms with E-state index in [1.807, 2.05) is 58.4 Å². The second-order valence-corrected chi connectivity index (χ2v) is 22.0. The maximum absolute atomic E-state index is 13.2. The predicted molar refractivity (Wildman–Crippen MR) is 324 cm³/mol. The monoisotopic (exact) mass is 1100 g/mol. The highest BCUT2D eigenvalue weighted by Crippen LogP contribution is 2.38. The maximum Gasteiger partial charge on any atom is 0.222 e. The van der Waals surface area contributed by atoms with Crippen molar-refractivity contribution >= 4 is 45.0 Å². The lowest BCUT2D eigenvalue weighted by molar-refractivity contribution is -0.123. The van der Waals surface area contributed by atoms with Gasteiger partial charge in [-0.3, -0.25) is 38.7 Å². The number of hydrogen-bond donors (Lipinski definition) is 2. The quantitative estimate of drug-likeness (QED) is 0.0746. The van der Waals surface area contributed by atoms with Crippen LogP contribution in [0.15, 0.2) is 85.5 Å². The fraction of sp³-hybridized carbons (Fsp3) is 0.581. The number of nitrogens with zero attached hydrogens (tertiary/aromatic N) is 12. The third kappa shape index (κ3) is 15.6. The largest absolute Gasteiger partial charge is 0.494 e. The molecule has 0 radical (unpaired) electrons. The predicted octanol–water partition coefficient (Wildman–Crippen LogP) is 9.02. The fourth-order valence-electron chi connectivity index (χ4n) is 11.8. The first-order chi connectivity index (χ1) is 38.1. The summed E-state index contributed by atoms with van der Waals surface area (Å²) in [6.45, 7) is 23.3. The van der Waals surface area contributed by atoms with Gasteiger partial charge in [-0.25, -0.2) is 0 Å². The smallest absolute Gasteiger partial charge is 0.222 e. The number of carbonyl (C=O) groups excluding carboxylic acids is 2. The van der Waals surface area contributed by atoms with E-state index in [0.29, 0.717) is 25.9 Å². The van der Waals surface area contributed by atoms with Crippen LogP contribution < -0.4 is 29.9 Å². The van der Waals surface area contributed by atoms with Crippen molar-refractivity contribution in [3.8, 4) is 11.5 Å². The fourth-order valence-corrected chi connectivity index (χ4v) is 11.8. The molecule has 4 aliphatic rings. The molecular formula is C62H94N14O4. The number of nitrogens with one attached hydrogen (secondary N) is 2. The molecule has 18 heteroatoms. The van der Waals surface area contributed by atoms with Crippen LogP contribution in [0, 0.1) is 0 Å². The molecule has 4 aromatic heterocycles. The molecule has 4 saturated heterocycles. The number of pyridine rings is 2. The minimum absolute atomic E-state index is 0. The van der Waals surface area contributed by atoms with E-state index in [9.17, 15) is 9.59 Å². The molecule has 6 aromatic rings. The molecule has 80 heavy (non-hydrogen) atoms. The zero-order chi connectivity index (χ0) is 54.4. The topological polar surface area (TPSA) is 158 Å². The standard InChI is InChI=1S/2C30H43N7O2.2CH4/c2*1-23(2)37-18-11-25(33-37)26(22-28(38)31-13-19-34-14-4-5-15-34)35-16-7-17-36(21-20-35)30-27(39-3)10-9-24-8-6-12-32-29(24)30;;/h2*6,8-12,18,23,26H,4-5,7,13-17,19-22H2,1-3H3,(H,31,38);2*1H4/t2*26-;;/m10../s1. The molecule has 2 aromatic carbocycles. The Labute approximate surface area is 477 Å². The molecule has 4 aliphatic heterocycles. The first-order valence-electron chi connectivity index (χ1n) is 29.0. The normalized spacial score (nSPS) is 17.6. The number of aromatic nitrogens is 6. The molecule has 436 valence electrons. The van der Waals surface area contributed by atoms with Crippen LogP contribution in [0.2, 0.25) is 0 Å². The van der Waals surface area contributed by atoms with E-state index in [0.717, 1.165) is 161 Å². The molecule has 10 rings (SSSR count). The van der Waals surface area contributed by atoms with Crippen molar-refractivity contribution in [1.82, 2.24) is 59.8 Å². The van der Waals surface area contributed by atoms with Gasteiger partial charge in [-0.15, -0.1) is 0 Å². The molecular weight excluding hydrogens is 1000 g/mol. The lowest BCUT2D eigenvalue weighted by Crippen LogP contribution is -2.38. The van der Waals surface area contributed by atoms with Crippen molar-refractivity contribution < 1.29 is 19.1 Å². The minimum Gasteiger partial charge on any atom is -0.494 e. The highest BCUT2D eigenvalue weighted by molar-refractivity contribution is 5.95. The van der Waals surface area contributed by atoms with Gasteiger partial charge in [-0.05, 0) is 141 Å². The van der Waals surface area contributed by atoms with Crippen LogP contribution in [-0.4, -0.2) is 180 Å². The number of carbonyl (C=O) groups is 2. The van der Waals surface area contributed by atoms with E-state index in [4.69, 9.17) is 29.6 Å². The summed E-state index contributed by atoms with van der Waals surface area (Å²) >= 11 is 0. The van der Waals surface area contributed by atoms with E-state index in [1.165, 1.54) is 25.7 Å².